The Morgan fingerprint density at radius 3 is 2.44 bits per heavy atom. The zero-order chi connectivity index (χ0) is 18.8. The van der Waals surface area contributed by atoms with Gasteiger partial charge in [-0.25, -0.2) is 4.39 Å². The number of hydrogen-bond donors (Lipinski definition) is 2. The van der Waals surface area contributed by atoms with Crippen LogP contribution in [0.4, 0.5) is 4.39 Å². The first-order chi connectivity index (χ1) is 13.1. The summed E-state index contributed by atoms with van der Waals surface area (Å²) in [5.41, 5.74) is 1.64. The fourth-order valence-corrected chi connectivity index (χ4v) is 3.89. The van der Waals surface area contributed by atoms with Crippen LogP contribution < -0.4 is 10.9 Å². The third kappa shape index (κ3) is 3.77. The van der Waals surface area contributed by atoms with E-state index in [-0.39, 0.29) is 28.9 Å². The van der Waals surface area contributed by atoms with Gasteiger partial charge in [0.25, 0.3) is 11.5 Å². The number of fused-ring (bicyclic) bond motifs is 1. The van der Waals surface area contributed by atoms with E-state index < -0.39 is 0 Å². The van der Waals surface area contributed by atoms with Crippen molar-refractivity contribution in [2.24, 2.45) is 0 Å². The van der Waals surface area contributed by atoms with Crippen LogP contribution in [0.1, 0.15) is 47.5 Å². The molecule has 5 heteroatoms. The topological polar surface area (TPSA) is 62.0 Å². The van der Waals surface area contributed by atoms with Crippen LogP contribution in [0.5, 0.6) is 0 Å². The molecule has 27 heavy (non-hydrogen) atoms. The smallest absolute Gasteiger partial charge is 0.261 e. The Morgan fingerprint density at radius 2 is 1.70 bits per heavy atom. The number of pyridine rings is 1. The lowest BCUT2D eigenvalue weighted by molar-refractivity contribution is 0.0924. The molecule has 1 heterocycles. The summed E-state index contributed by atoms with van der Waals surface area (Å²) in [4.78, 5) is 27.6. The molecule has 0 saturated heterocycles. The van der Waals surface area contributed by atoms with Crippen molar-refractivity contribution in [2.75, 3.05) is 0 Å². The molecule has 0 atom stereocenters. The molecule has 0 radical (unpaired) electrons. The zero-order valence-corrected chi connectivity index (χ0v) is 14.9. The summed E-state index contributed by atoms with van der Waals surface area (Å²) in [7, 11) is 0. The van der Waals surface area contributed by atoms with Crippen molar-refractivity contribution in [1.82, 2.24) is 10.3 Å². The molecule has 0 spiro atoms. The molecular weight excluding hydrogens is 343 g/mol. The van der Waals surface area contributed by atoms with Crippen LogP contribution in [0.2, 0.25) is 0 Å². The predicted molar refractivity (Wildman–Crippen MR) is 103 cm³/mol. The number of aromatic amines is 1. The fraction of sp³-hybridized carbons (Fsp3) is 0.273. The number of amides is 1. The van der Waals surface area contributed by atoms with Crippen LogP contribution in [0.25, 0.3) is 10.9 Å². The number of nitrogens with one attached hydrogen (secondary N) is 2. The normalized spacial score (nSPS) is 19.7. The molecule has 1 aliphatic carbocycles. The lowest BCUT2D eigenvalue weighted by Gasteiger charge is -2.29. The van der Waals surface area contributed by atoms with E-state index in [0.717, 1.165) is 42.1 Å². The summed E-state index contributed by atoms with van der Waals surface area (Å²) in [5.74, 6) is -0.157. The Kier molecular flexibility index (Phi) is 4.75. The van der Waals surface area contributed by atoms with E-state index in [0.29, 0.717) is 5.92 Å². The van der Waals surface area contributed by atoms with Gasteiger partial charge in [-0.1, -0.05) is 30.3 Å². The van der Waals surface area contributed by atoms with Gasteiger partial charge >= 0.3 is 0 Å². The van der Waals surface area contributed by atoms with Gasteiger partial charge in [0.15, 0.2) is 0 Å². The SMILES string of the molecule is O=C(NC1CCC(c2ccc(F)cc2)CC1)c1cc2ccccc2[nH]c1=O. The molecule has 0 aliphatic heterocycles. The van der Waals surface area contributed by atoms with Crippen molar-refractivity contribution in [3.05, 3.63) is 81.9 Å². The molecule has 1 aromatic heterocycles. The van der Waals surface area contributed by atoms with Crippen LogP contribution in [-0.4, -0.2) is 16.9 Å². The summed E-state index contributed by atoms with van der Waals surface area (Å²) < 4.78 is 13.1. The minimum Gasteiger partial charge on any atom is -0.349 e. The van der Waals surface area contributed by atoms with Crippen molar-refractivity contribution in [2.45, 2.75) is 37.6 Å². The third-order valence-corrected chi connectivity index (χ3v) is 5.40. The number of carbonyl (C=O) groups is 1. The van der Waals surface area contributed by atoms with E-state index in [2.05, 4.69) is 10.3 Å². The van der Waals surface area contributed by atoms with Crippen molar-refractivity contribution in [1.29, 1.82) is 0 Å². The van der Waals surface area contributed by atoms with Gasteiger partial charge in [-0.3, -0.25) is 9.59 Å². The lowest BCUT2D eigenvalue weighted by atomic mass is 9.81. The second-order valence-electron chi connectivity index (χ2n) is 7.17. The van der Waals surface area contributed by atoms with E-state index in [1.165, 1.54) is 12.1 Å². The lowest BCUT2D eigenvalue weighted by Crippen LogP contribution is -2.39. The summed E-state index contributed by atoms with van der Waals surface area (Å²) in [6.45, 7) is 0. The molecule has 1 amide bonds. The van der Waals surface area contributed by atoms with Crippen LogP contribution in [0, 0.1) is 5.82 Å². The quantitative estimate of drug-likeness (QED) is 0.734. The Balaban J connectivity index is 1.42. The highest BCUT2D eigenvalue weighted by molar-refractivity contribution is 5.97. The van der Waals surface area contributed by atoms with Gasteiger partial charge < -0.3 is 10.3 Å². The number of halogens is 1. The summed E-state index contributed by atoms with van der Waals surface area (Å²) >= 11 is 0. The van der Waals surface area contributed by atoms with Crippen molar-refractivity contribution >= 4 is 16.8 Å². The summed E-state index contributed by atoms with van der Waals surface area (Å²) in [6.07, 6.45) is 3.56. The van der Waals surface area contributed by atoms with Crippen molar-refractivity contribution in [3.63, 3.8) is 0 Å². The van der Waals surface area contributed by atoms with Gasteiger partial charge in [-0.15, -0.1) is 0 Å². The molecule has 0 unspecified atom stereocenters. The molecule has 1 aliphatic rings. The molecule has 2 aromatic carbocycles. The maximum absolute atomic E-state index is 13.1. The number of H-pyrrole nitrogens is 1. The molecule has 0 bridgehead atoms. The zero-order valence-electron chi connectivity index (χ0n) is 14.9. The maximum atomic E-state index is 13.1. The Bertz CT molecular complexity index is 1020. The standard InChI is InChI=1S/C22H21FN2O2/c23-17-9-5-14(6-10-17)15-7-11-18(12-8-15)24-21(26)19-13-16-3-1-2-4-20(16)25-22(19)27/h1-6,9-10,13,15,18H,7-8,11-12H2,(H,24,26)(H,25,27). The van der Waals surface area contributed by atoms with Gasteiger partial charge in [0.2, 0.25) is 0 Å². The third-order valence-electron chi connectivity index (χ3n) is 5.40. The molecule has 1 saturated carbocycles. The molecule has 3 aromatic rings. The highest BCUT2D eigenvalue weighted by Gasteiger charge is 2.24. The highest BCUT2D eigenvalue weighted by atomic mass is 19.1. The van der Waals surface area contributed by atoms with Crippen molar-refractivity contribution < 1.29 is 9.18 Å². The molecule has 2 N–H and O–H groups in total. The average Bonchev–Trinajstić information content (AvgIpc) is 2.68. The number of para-hydroxylation sites is 1. The largest absolute Gasteiger partial charge is 0.349 e. The van der Waals surface area contributed by atoms with Gasteiger partial charge in [0.05, 0.1) is 0 Å². The molecule has 138 valence electrons. The Hall–Kier alpha value is -2.95. The second-order valence-corrected chi connectivity index (χ2v) is 7.17. The first-order valence-corrected chi connectivity index (χ1v) is 9.28. The van der Waals surface area contributed by atoms with Gasteiger partial charge in [0.1, 0.15) is 11.4 Å². The van der Waals surface area contributed by atoms with Gasteiger partial charge in [0, 0.05) is 11.6 Å². The van der Waals surface area contributed by atoms with Crippen LogP contribution in [-0.2, 0) is 0 Å². The van der Waals surface area contributed by atoms with Crippen LogP contribution in [0.15, 0.2) is 59.4 Å². The first kappa shape index (κ1) is 17.5. The first-order valence-electron chi connectivity index (χ1n) is 9.28. The monoisotopic (exact) mass is 364 g/mol. The fourth-order valence-electron chi connectivity index (χ4n) is 3.89. The molecule has 4 nitrogen and oxygen atoms in total. The van der Waals surface area contributed by atoms with E-state index in [1.807, 2.05) is 36.4 Å². The number of rotatable bonds is 3. The van der Waals surface area contributed by atoms with E-state index in [9.17, 15) is 14.0 Å². The van der Waals surface area contributed by atoms with E-state index in [4.69, 9.17) is 0 Å². The van der Waals surface area contributed by atoms with Gasteiger partial charge in [-0.05, 0) is 66.8 Å². The minimum absolute atomic E-state index is 0.0556. The number of hydrogen-bond acceptors (Lipinski definition) is 2. The molecule has 1 fully saturated rings. The van der Waals surface area contributed by atoms with Crippen molar-refractivity contribution in [3.8, 4) is 0 Å². The minimum atomic E-state index is -0.369. The van der Waals surface area contributed by atoms with E-state index in [1.54, 1.807) is 6.07 Å². The second kappa shape index (κ2) is 7.35. The van der Waals surface area contributed by atoms with Crippen LogP contribution >= 0.6 is 0 Å². The maximum Gasteiger partial charge on any atom is 0.261 e. The molecule has 4 rings (SSSR count). The van der Waals surface area contributed by atoms with E-state index >= 15 is 0 Å². The number of benzene rings is 2. The Labute approximate surface area is 156 Å². The number of aromatic nitrogens is 1. The average molecular weight is 364 g/mol. The van der Waals surface area contributed by atoms with Gasteiger partial charge in [-0.2, -0.15) is 0 Å². The Morgan fingerprint density at radius 1 is 1.00 bits per heavy atom. The highest BCUT2D eigenvalue weighted by Crippen LogP contribution is 2.33. The van der Waals surface area contributed by atoms with Crippen LogP contribution in [0.3, 0.4) is 0 Å². The predicted octanol–water partition coefficient (Wildman–Crippen LogP) is 4.12. The number of carbonyl (C=O) groups excluding carboxylic acids is 1. The summed E-state index contributed by atoms with van der Waals surface area (Å²) in [5, 5.41) is 3.84. The molecular formula is C22H21FN2O2. The summed E-state index contributed by atoms with van der Waals surface area (Å²) in [6, 6.07) is 15.8.